The number of morpholine rings is 1. The second-order valence-corrected chi connectivity index (χ2v) is 4.91. The van der Waals surface area contributed by atoms with Crippen LogP contribution in [0.25, 0.3) is 0 Å². The summed E-state index contributed by atoms with van der Waals surface area (Å²) in [6.45, 7) is 2.96. The standard InChI is InChI=1S/C13H14ClN3O2/c14-10-1-3-11(4-2-10)17-13(18)9-12(15-17)16-5-7-19-8-6-16/h1-4H,5-9H2. The molecular formula is C13H14ClN3O2. The second-order valence-electron chi connectivity index (χ2n) is 4.47. The fraction of sp³-hybridized carbons (Fsp3) is 0.385. The van der Waals surface area contributed by atoms with Crippen molar-refractivity contribution >= 4 is 29.0 Å². The zero-order valence-corrected chi connectivity index (χ0v) is 11.1. The summed E-state index contributed by atoms with van der Waals surface area (Å²) >= 11 is 5.84. The van der Waals surface area contributed by atoms with E-state index in [2.05, 4.69) is 10.0 Å². The highest BCUT2D eigenvalue weighted by atomic mass is 35.5. The maximum absolute atomic E-state index is 12.0. The number of ether oxygens (including phenoxy) is 1. The Morgan fingerprint density at radius 3 is 2.53 bits per heavy atom. The molecule has 1 fully saturated rings. The van der Waals surface area contributed by atoms with Gasteiger partial charge in [0.2, 0.25) is 0 Å². The number of hydrazone groups is 1. The zero-order valence-electron chi connectivity index (χ0n) is 10.4. The van der Waals surface area contributed by atoms with Gasteiger partial charge in [-0.25, -0.2) is 0 Å². The number of nitrogens with zero attached hydrogens (tertiary/aromatic N) is 3. The minimum absolute atomic E-state index is 0.0104. The molecule has 0 spiro atoms. The summed E-state index contributed by atoms with van der Waals surface area (Å²) in [5, 5.41) is 6.51. The highest BCUT2D eigenvalue weighted by Crippen LogP contribution is 2.23. The molecule has 0 bridgehead atoms. The molecule has 19 heavy (non-hydrogen) atoms. The molecule has 0 saturated carbocycles. The summed E-state index contributed by atoms with van der Waals surface area (Å²) in [6, 6.07) is 7.11. The lowest BCUT2D eigenvalue weighted by Crippen LogP contribution is -2.40. The van der Waals surface area contributed by atoms with Gasteiger partial charge in [-0.2, -0.15) is 10.1 Å². The normalized spacial score (nSPS) is 19.8. The SMILES string of the molecule is O=C1CC(N2CCOCC2)=NN1c1ccc(Cl)cc1. The van der Waals surface area contributed by atoms with Gasteiger partial charge in [-0.1, -0.05) is 11.6 Å². The third kappa shape index (κ3) is 2.57. The number of amidine groups is 1. The summed E-state index contributed by atoms with van der Waals surface area (Å²) in [6.07, 6.45) is 0.350. The molecule has 0 N–H and O–H groups in total. The first kappa shape index (κ1) is 12.4. The van der Waals surface area contributed by atoms with Gasteiger partial charge >= 0.3 is 0 Å². The average molecular weight is 280 g/mol. The molecule has 0 aliphatic carbocycles. The summed E-state index contributed by atoms with van der Waals surface area (Å²) < 4.78 is 5.30. The van der Waals surface area contributed by atoms with Crippen LogP contribution in [0.1, 0.15) is 6.42 Å². The Labute approximate surface area is 116 Å². The number of carbonyl (C=O) groups excluding carboxylic acids is 1. The van der Waals surface area contributed by atoms with E-state index in [1.165, 1.54) is 5.01 Å². The van der Waals surface area contributed by atoms with Gasteiger partial charge in [-0.15, -0.1) is 0 Å². The van der Waals surface area contributed by atoms with Crippen LogP contribution in [-0.4, -0.2) is 42.9 Å². The molecule has 3 rings (SSSR count). The molecule has 0 unspecified atom stereocenters. The monoisotopic (exact) mass is 279 g/mol. The molecular weight excluding hydrogens is 266 g/mol. The van der Waals surface area contributed by atoms with Crippen molar-refractivity contribution in [2.45, 2.75) is 6.42 Å². The van der Waals surface area contributed by atoms with E-state index in [4.69, 9.17) is 16.3 Å². The number of amides is 1. The molecule has 1 saturated heterocycles. The van der Waals surface area contributed by atoms with Gasteiger partial charge in [0.15, 0.2) is 0 Å². The van der Waals surface area contributed by atoms with E-state index < -0.39 is 0 Å². The van der Waals surface area contributed by atoms with Crippen LogP contribution in [0.2, 0.25) is 5.02 Å². The topological polar surface area (TPSA) is 45.1 Å². The summed E-state index contributed by atoms with van der Waals surface area (Å²) in [4.78, 5) is 14.1. The van der Waals surface area contributed by atoms with E-state index in [0.717, 1.165) is 24.6 Å². The quantitative estimate of drug-likeness (QED) is 0.786. The fourth-order valence-electron chi connectivity index (χ4n) is 2.20. The molecule has 2 aliphatic rings. The van der Waals surface area contributed by atoms with Gasteiger partial charge in [0.1, 0.15) is 5.84 Å². The van der Waals surface area contributed by atoms with Crippen LogP contribution in [0.3, 0.4) is 0 Å². The molecule has 6 heteroatoms. The molecule has 1 aromatic carbocycles. The Balaban J connectivity index is 1.80. The van der Waals surface area contributed by atoms with E-state index in [9.17, 15) is 4.79 Å². The third-order valence-electron chi connectivity index (χ3n) is 3.21. The number of anilines is 1. The van der Waals surface area contributed by atoms with E-state index in [1.54, 1.807) is 24.3 Å². The summed E-state index contributed by atoms with van der Waals surface area (Å²) in [5.41, 5.74) is 0.748. The van der Waals surface area contributed by atoms with Crippen molar-refractivity contribution in [1.29, 1.82) is 0 Å². The van der Waals surface area contributed by atoms with Crippen LogP contribution < -0.4 is 5.01 Å². The Hall–Kier alpha value is -1.59. The molecule has 2 aliphatic heterocycles. The number of carbonyl (C=O) groups is 1. The molecule has 0 atom stereocenters. The van der Waals surface area contributed by atoms with E-state index in [1.807, 2.05) is 0 Å². The van der Waals surface area contributed by atoms with Crippen LogP contribution in [0.4, 0.5) is 5.69 Å². The van der Waals surface area contributed by atoms with Crippen molar-refractivity contribution in [3.8, 4) is 0 Å². The van der Waals surface area contributed by atoms with Crippen LogP contribution in [0.15, 0.2) is 29.4 Å². The Morgan fingerprint density at radius 1 is 1.16 bits per heavy atom. The van der Waals surface area contributed by atoms with Crippen LogP contribution >= 0.6 is 11.6 Å². The molecule has 100 valence electrons. The van der Waals surface area contributed by atoms with Gasteiger partial charge in [-0.05, 0) is 24.3 Å². The number of hydrogen-bond donors (Lipinski definition) is 0. The highest BCUT2D eigenvalue weighted by molar-refractivity contribution is 6.30. The van der Waals surface area contributed by atoms with E-state index >= 15 is 0 Å². The van der Waals surface area contributed by atoms with Gasteiger partial charge < -0.3 is 9.64 Å². The van der Waals surface area contributed by atoms with Gasteiger partial charge in [0, 0.05) is 18.1 Å². The molecule has 1 aromatic rings. The summed E-state index contributed by atoms with van der Waals surface area (Å²) in [5.74, 6) is 0.812. The minimum atomic E-state index is -0.0104. The van der Waals surface area contributed by atoms with E-state index in [0.29, 0.717) is 24.7 Å². The molecule has 5 nitrogen and oxygen atoms in total. The number of benzene rings is 1. The Morgan fingerprint density at radius 2 is 1.84 bits per heavy atom. The predicted molar refractivity (Wildman–Crippen MR) is 73.4 cm³/mol. The molecule has 1 amide bonds. The lowest BCUT2D eigenvalue weighted by atomic mass is 10.3. The first-order valence-electron chi connectivity index (χ1n) is 6.23. The fourth-order valence-corrected chi connectivity index (χ4v) is 2.32. The van der Waals surface area contributed by atoms with Gasteiger partial charge in [0.05, 0.1) is 25.3 Å². The highest BCUT2D eigenvalue weighted by Gasteiger charge is 2.29. The van der Waals surface area contributed by atoms with Crippen molar-refractivity contribution in [1.82, 2.24) is 4.90 Å². The average Bonchev–Trinajstić information content (AvgIpc) is 2.83. The Kier molecular flexibility index (Phi) is 3.40. The zero-order chi connectivity index (χ0) is 13.2. The first-order valence-corrected chi connectivity index (χ1v) is 6.60. The second kappa shape index (κ2) is 5.19. The minimum Gasteiger partial charge on any atom is -0.378 e. The molecule has 0 aromatic heterocycles. The van der Waals surface area contributed by atoms with Crippen molar-refractivity contribution in [2.24, 2.45) is 5.10 Å². The Bertz CT molecular complexity index is 509. The third-order valence-corrected chi connectivity index (χ3v) is 3.46. The predicted octanol–water partition coefficient (Wildman–Crippen LogP) is 1.72. The largest absolute Gasteiger partial charge is 0.378 e. The lowest BCUT2D eigenvalue weighted by molar-refractivity contribution is -0.117. The lowest BCUT2D eigenvalue weighted by Gasteiger charge is -2.27. The van der Waals surface area contributed by atoms with Crippen molar-refractivity contribution < 1.29 is 9.53 Å². The van der Waals surface area contributed by atoms with Gasteiger partial charge in [-0.3, -0.25) is 4.79 Å². The van der Waals surface area contributed by atoms with Crippen molar-refractivity contribution in [2.75, 3.05) is 31.3 Å². The molecule has 0 radical (unpaired) electrons. The number of halogens is 1. The number of rotatable bonds is 1. The first-order chi connectivity index (χ1) is 9.24. The molecule has 2 heterocycles. The van der Waals surface area contributed by atoms with Crippen LogP contribution in [0, 0.1) is 0 Å². The smallest absolute Gasteiger partial charge is 0.255 e. The summed E-state index contributed by atoms with van der Waals surface area (Å²) in [7, 11) is 0. The van der Waals surface area contributed by atoms with E-state index in [-0.39, 0.29) is 5.91 Å². The van der Waals surface area contributed by atoms with Crippen molar-refractivity contribution in [3.05, 3.63) is 29.3 Å². The maximum atomic E-state index is 12.0. The van der Waals surface area contributed by atoms with Crippen molar-refractivity contribution in [3.63, 3.8) is 0 Å². The van der Waals surface area contributed by atoms with Crippen LogP contribution in [0.5, 0.6) is 0 Å². The van der Waals surface area contributed by atoms with Gasteiger partial charge in [0.25, 0.3) is 5.91 Å². The maximum Gasteiger partial charge on any atom is 0.255 e. The number of hydrogen-bond acceptors (Lipinski definition) is 4. The van der Waals surface area contributed by atoms with Crippen LogP contribution in [-0.2, 0) is 9.53 Å².